The molecule has 0 rings (SSSR count). The second-order valence-electron chi connectivity index (χ2n) is 17.5. The van der Waals surface area contributed by atoms with E-state index < -0.39 is 6.10 Å². The van der Waals surface area contributed by atoms with Gasteiger partial charge < -0.3 is 14.2 Å². The summed E-state index contributed by atoms with van der Waals surface area (Å²) in [5, 5.41) is 0. The quantitative estimate of drug-likeness (QED) is 0.0199. The zero-order valence-electron chi connectivity index (χ0n) is 43.1. The summed E-state index contributed by atoms with van der Waals surface area (Å²) in [7, 11) is 0. The van der Waals surface area contributed by atoms with Gasteiger partial charge in [0.2, 0.25) is 0 Å². The third-order valence-corrected chi connectivity index (χ3v) is 11.0. The van der Waals surface area contributed by atoms with E-state index in [1.807, 2.05) is 36.5 Å². The van der Waals surface area contributed by atoms with E-state index in [-0.39, 0.29) is 31.1 Å². The molecule has 378 valence electrons. The zero-order valence-corrected chi connectivity index (χ0v) is 43.1. The predicted octanol–water partition coefficient (Wildman–Crippen LogP) is 18.1. The summed E-state index contributed by atoms with van der Waals surface area (Å²) in [5.74, 6) is -0.991. The minimum absolute atomic E-state index is 0.113. The van der Waals surface area contributed by atoms with Crippen LogP contribution in [-0.4, -0.2) is 37.2 Å². The molecule has 0 amide bonds. The lowest BCUT2D eigenvalue weighted by Gasteiger charge is -2.18. The van der Waals surface area contributed by atoms with Crippen molar-refractivity contribution < 1.29 is 28.6 Å². The minimum atomic E-state index is -0.814. The number of ether oxygens (including phenoxy) is 3. The second-order valence-corrected chi connectivity index (χ2v) is 17.5. The lowest BCUT2D eigenvalue weighted by Crippen LogP contribution is -2.30. The Kier molecular flexibility index (Phi) is 51.0. The second kappa shape index (κ2) is 54.4. The van der Waals surface area contributed by atoms with Crippen LogP contribution < -0.4 is 0 Å². The Hall–Kier alpha value is -4.19. The Morgan fingerprint density at radius 1 is 0.328 bits per heavy atom. The molecule has 0 saturated heterocycles. The molecule has 0 aromatic heterocycles. The molecule has 0 aliphatic rings. The summed E-state index contributed by atoms with van der Waals surface area (Å²) in [6.45, 7) is 6.30. The topological polar surface area (TPSA) is 78.9 Å². The molecule has 0 aliphatic heterocycles. The molecule has 6 heteroatoms. The molecule has 0 N–H and O–H groups in total. The number of hydrogen-bond donors (Lipinski definition) is 0. The van der Waals surface area contributed by atoms with Crippen LogP contribution in [0.1, 0.15) is 226 Å². The molecule has 0 aromatic carbocycles. The predicted molar refractivity (Wildman–Crippen MR) is 288 cm³/mol. The zero-order chi connectivity index (χ0) is 48.6. The van der Waals surface area contributed by atoms with Crippen molar-refractivity contribution in [2.24, 2.45) is 0 Å². The standard InChI is InChI=1S/C61H98O6/c1-4-7-10-13-16-19-22-25-27-29-30-32-33-36-39-42-45-48-51-54-60(63)66-57-58(56-65-59(62)53-50-47-44-41-38-35-24-21-18-15-12-9-6-3)67-61(64)55-52-49-46-43-40-37-34-31-28-26-23-20-17-14-11-8-5-2/h7,9-10,12,15-16,18-19,21,24-28,30,32,35-36,38-39,58H,4-6,8,11,13-14,17,20,22-23,29,31,33-34,37,40-57H2,1-3H3/b10-7-,12-9-,18-15-,19-16-,24-21-,27-25-,28-26-,32-30-,38-35-,39-36-. The van der Waals surface area contributed by atoms with Gasteiger partial charge in [-0.15, -0.1) is 0 Å². The number of carbonyl (C=O) groups excluding carboxylic acids is 3. The van der Waals surface area contributed by atoms with Crippen LogP contribution >= 0.6 is 0 Å². The number of rotatable bonds is 47. The maximum absolute atomic E-state index is 12.8. The van der Waals surface area contributed by atoms with Gasteiger partial charge in [-0.25, -0.2) is 0 Å². The van der Waals surface area contributed by atoms with Crippen LogP contribution in [0, 0.1) is 0 Å². The van der Waals surface area contributed by atoms with Crippen LogP contribution in [-0.2, 0) is 28.6 Å². The van der Waals surface area contributed by atoms with Gasteiger partial charge in [0.15, 0.2) is 6.10 Å². The van der Waals surface area contributed by atoms with Crippen LogP contribution in [0.3, 0.4) is 0 Å². The first kappa shape index (κ1) is 62.8. The molecule has 0 spiro atoms. The van der Waals surface area contributed by atoms with Gasteiger partial charge in [0.1, 0.15) is 13.2 Å². The van der Waals surface area contributed by atoms with Crippen molar-refractivity contribution in [3.05, 3.63) is 122 Å². The lowest BCUT2D eigenvalue weighted by molar-refractivity contribution is -0.167. The fraction of sp³-hybridized carbons (Fsp3) is 0.623. The van der Waals surface area contributed by atoms with E-state index in [1.165, 1.54) is 77.0 Å². The van der Waals surface area contributed by atoms with E-state index in [1.54, 1.807) is 0 Å². The minimum Gasteiger partial charge on any atom is -0.462 e. The van der Waals surface area contributed by atoms with E-state index in [2.05, 4.69) is 106 Å². The van der Waals surface area contributed by atoms with Crippen LogP contribution in [0.5, 0.6) is 0 Å². The highest BCUT2D eigenvalue weighted by molar-refractivity contribution is 5.71. The molecular weight excluding hydrogens is 829 g/mol. The van der Waals surface area contributed by atoms with Gasteiger partial charge in [0.05, 0.1) is 0 Å². The maximum atomic E-state index is 12.8. The fourth-order valence-corrected chi connectivity index (χ4v) is 7.00. The fourth-order valence-electron chi connectivity index (χ4n) is 7.00. The Bertz CT molecular complexity index is 1440. The summed E-state index contributed by atoms with van der Waals surface area (Å²) in [4.78, 5) is 38.1. The Labute approximate surface area is 412 Å². The average Bonchev–Trinajstić information content (AvgIpc) is 3.33. The van der Waals surface area contributed by atoms with Crippen molar-refractivity contribution in [3.63, 3.8) is 0 Å². The van der Waals surface area contributed by atoms with E-state index in [4.69, 9.17) is 14.2 Å². The molecule has 0 bridgehead atoms. The summed E-state index contributed by atoms with van der Waals surface area (Å²) in [6.07, 6.45) is 74.7. The van der Waals surface area contributed by atoms with Gasteiger partial charge in [-0.1, -0.05) is 219 Å². The first-order chi connectivity index (χ1) is 33.0. The number of allylic oxidation sites excluding steroid dienone is 20. The van der Waals surface area contributed by atoms with Crippen LogP contribution in [0.4, 0.5) is 0 Å². The van der Waals surface area contributed by atoms with Gasteiger partial charge in [-0.05, 0) is 109 Å². The van der Waals surface area contributed by atoms with E-state index in [9.17, 15) is 14.4 Å². The molecule has 0 saturated carbocycles. The molecule has 0 fully saturated rings. The van der Waals surface area contributed by atoms with E-state index in [0.717, 1.165) is 109 Å². The number of unbranched alkanes of at least 4 members (excludes halogenated alkanes) is 19. The number of carbonyl (C=O) groups is 3. The molecule has 0 heterocycles. The first-order valence-corrected chi connectivity index (χ1v) is 27.1. The third kappa shape index (κ3) is 52.6. The molecule has 0 aliphatic carbocycles. The van der Waals surface area contributed by atoms with Gasteiger partial charge >= 0.3 is 17.9 Å². The first-order valence-electron chi connectivity index (χ1n) is 27.1. The van der Waals surface area contributed by atoms with Crippen LogP contribution in [0.15, 0.2) is 122 Å². The van der Waals surface area contributed by atoms with Gasteiger partial charge in [0, 0.05) is 19.3 Å². The summed E-state index contributed by atoms with van der Waals surface area (Å²) in [5.41, 5.74) is 0. The van der Waals surface area contributed by atoms with E-state index in [0.29, 0.717) is 19.3 Å². The highest BCUT2D eigenvalue weighted by Crippen LogP contribution is 2.13. The van der Waals surface area contributed by atoms with Gasteiger partial charge in [0.25, 0.3) is 0 Å². The molecule has 0 radical (unpaired) electrons. The third-order valence-electron chi connectivity index (χ3n) is 11.0. The monoisotopic (exact) mass is 927 g/mol. The molecule has 1 atom stereocenters. The highest BCUT2D eigenvalue weighted by Gasteiger charge is 2.19. The highest BCUT2D eigenvalue weighted by atomic mass is 16.6. The van der Waals surface area contributed by atoms with Gasteiger partial charge in [-0.3, -0.25) is 14.4 Å². The molecule has 0 aromatic rings. The van der Waals surface area contributed by atoms with Crippen molar-refractivity contribution in [1.29, 1.82) is 0 Å². The average molecular weight is 927 g/mol. The SMILES string of the molecule is CC\C=C/C=C\C=C/C=C\CCCCCC(=O)OCC(COC(=O)CCCCC/C=C\C/C=C\C/C=C\C/C=C\C/C=C\CC)OC(=O)CCCCCCCCC/C=C\CCCCCCCC. The Morgan fingerprint density at radius 3 is 1.12 bits per heavy atom. The van der Waals surface area contributed by atoms with Crippen molar-refractivity contribution >= 4 is 17.9 Å². The van der Waals surface area contributed by atoms with Crippen LogP contribution in [0.25, 0.3) is 0 Å². The Morgan fingerprint density at radius 2 is 0.657 bits per heavy atom. The summed E-state index contributed by atoms with van der Waals surface area (Å²) < 4.78 is 16.8. The molecule has 6 nitrogen and oxygen atoms in total. The maximum Gasteiger partial charge on any atom is 0.306 e. The smallest absolute Gasteiger partial charge is 0.306 e. The Balaban J connectivity index is 4.51. The van der Waals surface area contributed by atoms with Gasteiger partial charge in [-0.2, -0.15) is 0 Å². The summed E-state index contributed by atoms with van der Waals surface area (Å²) in [6, 6.07) is 0. The van der Waals surface area contributed by atoms with Crippen molar-refractivity contribution in [2.75, 3.05) is 13.2 Å². The van der Waals surface area contributed by atoms with Crippen molar-refractivity contribution in [1.82, 2.24) is 0 Å². The molecule has 67 heavy (non-hydrogen) atoms. The normalized spacial score (nSPS) is 13.1. The van der Waals surface area contributed by atoms with Crippen LogP contribution in [0.2, 0.25) is 0 Å². The van der Waals surface area contributed by atoms with E-state index >= 15 is 0 Å². The lowest BCUT2D eigenvalue weighted by atomic mass is 10.1. The number of esters is 3. The van der Waals surface area contributed by atoms with Crippen molar-refractivity contribution in [3.8, 4) is 0 Å². The van der Waals surface area contributed by atoms with Crippen molar-refractivity contribution in [2.45, 2.75) is 232 Å². The summed E-state index contributed by atoms with van der Waals surface area (Å²) >= 11 is 0. The largest absolute Gasteiger partial charge is 0.462 e. The molecule has 1 unspecified atom stereocenters. The number of hydrogen-bond acceptors (Lipinski definition) is 6. The molecular formula is C61H98O6.